The summed E-state index contributed by atoms with van der Waals surface area (Å²) in [7, 11) is 3.09. The second kappa shape index (κ2) is 8.26. The highest BCUT2D eigenvalue weighted by Gasteiger charge is 2.17. The smallest absolute Gasteiger partial charge is 0.265 e. The lowest BCUT2D eigenvalue weighted by Gasteiger charge is -2.16. The Balaban J connectivity index is 2.08. The highest BCUT2D eigenvalue weighted by molar-refractivity contribution is 9.10. The maximum absolute atomic E-state index is 12.3. The summed E-state index contributed by atoms with van der Waals surface area (Å²) in [6.45, 7) is 1.66. The van der Waals surface area contributed by atoms with Crippen molar-refractivity contribution in [1.82, 2.24) is 0 Å². The Hall–Kier alpha value is -1.92. The van der Waals surface area contributed by atoms with Crippen LogP contribution in [0.2, 0.25) is 5.02 Å². The van der Waals surface area contributed by atoms with E-state index in [0.29, 0.717) is 32.4 Å². The van der Waals surface area contributed by atoms with E-state index in [1.807, 2.05) is 0 Å². The molecule has 2 rings (SSSR count). The number of carbonyl (C=O) groups excluding carboxylic acids is 1. The maximum Gasteiger partial charge on any atom is 0.265 e. The minimum atomic E-state index is -0.709. The molecule has 5 nitrogen and oxygen atoms in total. The molecule has 7 heteroatoms. The molecule has 0 bridgehead atoms. The number of halogens is 2. The molecule has 0 saturated heterocycles. The van der Waals surface area contributed by atoms with Gasteiger partial charge in [-0.1, -0.05) is 11.6 Å². The Morgan fingerprint density at radius 3 is 2.29 bits per heavy atom. The molecule has 0 aliphatic heterocycles. The van der Waals surface area contributed by atoms with Crippen molar-refractivity contribution in [3.63, 3.8) is 0 Å². The highest BCUT2D eigenvalue weighted by Crippen LogP contribution is 2.29. The number of rotatable bonds is 6. The summed E-state index contributed by atoms with van der Waals surface area (Å²) < 4.78 is 16.7. The lowest BCUT2D eigenvalue weighted by Crippen LogP contribution is -2.30. The Labute approximate surface area is 154 Å². The standard InChI is InChI=1S/C17H17BrClNO4/c1-10(24-16-5-4-11(19)6-15(16)18)17(21)20-12-7-13(22-2)9-14(8-12)23-3/h4-10H,1-3H3,(H,20,21). The fraction of sp³-hybridized carbons (Fsp3) is 0.235. The van der Waals surface area contributed by atoms with Crippen LogP contribution in [-0.2, 0) is 4.79 Å². The van der Waals surface area contributed by atoms with Crippen LogP contribution in [0.25, 0.3) is 0 Å². The number of methoxy groups -OCH3 is 2. The van der Waals surface area contributed by atoms with Gasteiger partial charge in [-0.3, -0.25) is 4.79 Å². The average Bonchev–Trinajstić information content (AvgIpc) is 2.56. The van der Waals surface area contributed by atoms with Crippen molar-refractivity contribution in [2.45, 2.75) is 13.0 Å². The van der Waals surface area contributed by atoms with Crippen LogP contribution >= 0.6 is 27.5 Å². The third-order valence-electron chi connectivity index (χ3n) is 3.19. The van der Waals surface area contributed by atoms with Gasteiger partial charge in [0.1, 0.15) is 17.2 Å². The largest absolute Gasteiger partial charge is 0.497 e. The van der Waals surface area contributed by atoms with E-state index in [2.05, 4.69) is 21.2 Å². The van der Waals surface area contributed by atoms with Gasteiger partial charge in [-0.15, -0.1) is 0 Å². The molecule has 1 unspecified atom stereocenters. The Bertz CT molecular complexity index is 716. The molecule has 0 aromatic heterocycles. The molecule has 2 aromatic carbocycles. The van der Waals surface area contributed by atoms with Crippen molar-refractivity contribution < 1.29 is 19.0 Å². The predicted octanol–water partition coefficient (Wildman–Crippen LogP) is 4.53. The van der Waals surface area contributed by atoms with E-state index in [1.54, 1.807) is 57.5 Å². The predicted molar refractivity (Wildman–Crippen MR) is 97.4 cm³/mol. The summed E-state index contributed by atoms with van der Waals surface area (Å²) >= 11 is 9.25. The maximum atomic E-state index is 12.3. The molecule has 0 saturated carbocycles. The number of benzene rings is 2. The molecule has 0 spiro atoms. The Kier molecular flexibility index (Phi) is 6.34. The second-order valence-corrected chi connectivity index (χ2v) is 6.22. The number of carbonyl (C=O) groups is 1. The van der Waals surface area contributed by atoms with Gasteiger partial charge in [0.25, 0.3) is 5.91 Å². The topological polar surface area (TPSA) is 56.8 Å². The average molecular weight is 415 g/mol. The third-order valence-corrected chi connectivity index (χ3v) is 4.04. The van der Waals surface area contributed by atoms with Crippen molar-refractivity contribution in [3.8, 4) is 17.2 Å². The first kappa shape index (κ1) is 18.4. The molecule has 2 aromatic rings. The highest BCUT2D eigenvalue weighted by atomic mass is 79.9. The van der Waals surface area contributed by atoms with Gasteiger partial charge in [-0.05, 0) is 41.1 Å². The molecule has 0 radical (unpaired) electrons. The Morgan fingerprint density at radius 2 is 1.75 bits per heavy atom. The molecular formula is C17H17BrClNO4. The lowest BCUT2D eigenvalue weighted by atomic mass is 10.2. The number of amides is 1. The van der Waals surface area contributed by atoms with E-state index in [1.165, 1.54) is 0 Å². The number of hydrogen-bond acceptors (Lipinski definition) is 4. The zero-order valence-corrected chi connectivity index (χ0v) is 15.8. The van der Waals surface area contributed by atoms with E-state index in [-0.39, 0.29) is 5.91 Å². The van der Waals surface area contributed by atoms with Crippen molar-refractivity contribution in [3.05, 3.63) is 45.9 Å². The van der Waals surface area contributed by atoms with Gasteiger partial charge in [-0.2, -0.15) is 0 Å². The summed E-state index contributed by atoms with van der Waals surface area (Å²) in [6, 6.07) is 10.2. The molecule has 24 heavy (non-hydrogen) atoms. The number of anilines is 1. The van der Waals surface area contributed by atoms with Crippen LogP contribution in [0.3, 0.4) is 0 Å². The molecule has 0 fully saturated rings. The molecule has 1 atom stereocenters. The zero-order valence-electron chi connectivity index (χ0n) is 13.4. The molecular weight excluding hydrogens is 398 g/mol. The van der Waals surface area contributed by atoms with E-state index >= 15 is 0 Å². The van der Waals surface area contributed by atoms with Gasteiger partial charge in [-0.25, -0.2) is 0 Å². The Morgan fingerprint density at radius 1 is 1.12 bits per heavy atom. The summed E-state index contributed by atoms with van der Waals surface area (Å²) in [5.41, 5.74) is 0.557. The van der Waals surface area contributed by atoms with E-state index in [4.69, 9.17) is 25.8 Å². The summed E-state index contributed by atoms with van der Waals surface area (Å²) in [6.07, 6.45) is -0.709. The van der Waals surface area contributed by atoms with Crippen molar-refractivity contribution in [1.29, 1.82) is 0 Å². The van der Waals surface area contributed by atoms with Crippen LogP contribution in [0.1, 0.15) is 6.92 Å². The first-order valence-corrected chi connectivity index (χ1v) is 8.25. The normalized spacial score (nSPS) is 11.5. The summed E-state index contributed by atoms with van der Waals surface area (Å²) in [5, 5.41) is 3.36. The van der Waals surface area contributed by atoms with Crippen LogP contribution in [0, 0.1) is 0 Å². The quantitative estimate of drug-likeness (QED) is 0.755. The summed E-state index contributed by atoms with van der Waals surface area (Å²) in [4.78, 5) is 12.3. The van der Waals surface area contributed by atoms with Gasteiger partial charge in [0.15, 0.2) is 6.10 Å². The van der Waals surface area contributed by atoms with Crippen molar-refractivity contribution in [2.75, 3.05) is 19.5 Å². The molecule has 0 heterocycles. The van der Waals surface area contributed by atoms with Gasteiger partial charge in [0.05, 0.1) is 18.7 Å². The number of nitrogens with one attached hydrogen (secondary N) is 1. The van der Waals surface area contributed by atoms with Crippen LogP contribution in [-0.4, -0.2) is 26.2 Å². The van der Waals surface area contributed by atoms with E-state index in [0.717, 1.165) is 0 Å². The first-order chi connectivity index (χ1) is 11.4. The van der Waals surface area contributed by atoms with Gasteiger partial charge in [0.2, 0.25) is 0 Å². The van der Waals surface area contributed by atoms with E-state index < -0.39 is 6.10 Å². The fourth-order valence-electron chi connectivity index (χ4n) is 1.94. The van der Waals surface area contributed by atoms with Gasteiger partial charge in [0, 0.05) is 28.9 Å². The molecule has 0 aliphatic rings. The lowest BCUT2D eigenvalue weighted by molar-refractivity contribution is -0.122. The fourth-order valence-corrected chi connectivity index (χ4v) is 2.71. The molecule has 0 aliphatic carbocycles. The van der Waals surface area contributed by atoms with Crippen LogP contribution in [0.15, 0.2) is 40.9 Å². The van der Waals surface area contributed by atoms with Crippen molar-refractivity contribution in [2.24, 2.45) is 0 Å². The van der Waals surface area contributed by atoms with Gasteiger partial charge < -0.3 is 19.5 Å². The third kappa shape index (κ3) is 4.79. The minimum absolute atomic E-state index is 0.299. The minimum Gasteiger partial charge on any atom is -0.497 e. The van der Waals surface area contributed by atoms with Crippen molar-refractivity contribution >= 4 is 39.1 Å². The molecule has 128 valence electrons. The second-order valence-electron chi connectivity index (χ2n) is 4.93. The first-order valence-electron chi connectivity index (χ1n) is 7.08. The SMILES string of the molecule is COc1cc(NC(=O)C(C)Oc2ccc(Cl)cc2Br)cc(OC)c1. The summed E-state index contributed by atoms with van der Waals surface area (Å²) in [5.74, 6) is 1.40. The number of hydrogen-bond donors (Lipinski definition) is 1. The van der Waals surface area contributed by atoms with Crippen LogP contribution in [0.4, 0.5) is 5.69 Å². The van der Waals surface area contributed by atoms with Gasteiger partial charge >= 0.3 is 0 Å². The zero-order chi connectivity index (χ0) is 17.7. The monoisotopic (exact) mass is 413 g/mol. The molecule has 1 amide bonds. The van der Waals surface area contributed by atoms with Crippen LogP contribution in [0.5, 0.6) is 17.2 Å². The van der Waals surface area contributed by atoms with E-state index in [9.17, 15) is 4.79 Å². The van der Waals surface area contributed by atoms with Crippen LogP contribution < -0.4 is 19.5 Å². The molecule has 1 N–H and O–H groups in total. The number of ether oxygens (including phenoxy) is 3.